The van der Waals surface area contributed by atoms with Crippen molar-refractivity contribution >= 4 is 50.0 Å². The predicted molar refractivity (Wildman–Crippen MR) is 134 cm³/mol. The highest BCUT2D eigenvalue weighted by Gasteiger charge is 2.29. The van der Waals surface area contributed by atoms with Crippen LogP contribution in [0, 0.1) is 12.1 Å². The lowest BCUT2D eigenvalue weighted by molar-refractivity contribution is -0.132. The van der Waals surface area contributed by atoms with Crippen molar-refractivity contribution in [3.05, 3.63) is 59.1 Å². The van der Waals surface area contributed by atoms with Crippen LogP contribution in [0.5, 0.6) is 0 Å². The highest BCUT2D eigenvalue weighted by Crippen LogP contribution is 2.41. The topological polar surface area (TPSA) is 66.8 Å². The van der Waals surface area contributed by atoms with E-state index in [0.29, 0.717) is 31.9 Å². The van der Waals surface area contributed by atoms with Gasteiger partial charge in [-0.25, -0.2) is 4.98 Å². The summed E-state index contributed by atoms with van der Waals surface area (Å²) in [6, 6.07) is 9.49. The van der Waals surface area contributed by atoms with E-state index in [4.69, 9.17) is 16.7 Å². The first-order valence-corrected chi connectivity index (χ1v) is 12.4. The van der Waals surface area contributed by atoms with E-state index in [1.54, 1.807) is 12.3 Å². The molecule has 1 aliphatic heterocycles. The Hall–Kier alpha value is -3.23. The zero-order valence-electron chi connectivity index (χ0n) is 18.4. The first-order valence-electron chi connectivity index (χ1n) is 11.1. The molecule has 1 N–H and O–H groups in total. The summed E-state index contributed by atoms with van der Waals surface area (Å²) in [6.45, 7) is 3.71. The van der Waals surface area contributed by atoms with Gasteiger partial charge in [0.2, 0.25) is 5.91 Å². The molecule has 0 aliphatic carbocycles. The zero-order valence-corrected chi connectivity index (χ0v) is 20.0. The fourth-order valence-electron chi connectivity index (χ4n) is 4.83. The molecular weight excluding hydrogens is 473 g/mol. The quantitative estimate of drug-likeness (QED) is 0.325. The number of amides is 1. The van der Waals surface area contributed by atoms with Crippen molar-refractivity contribution in [1.29, 1.82) is 0 Å². The van der Waals surface area contributed by atoms with Gasteiger partial charge in [0.1, 0.15) is 11.3 Å². The number of H-pyrrole nitrogens is 1. The van der Waals surface area contributed by atoms with E-state index in [1.807, 2.05) is 40.0 Å². The van der Waals surface area contributed by atoms with Gasteiger partial charge in [-0.1, -0.05) is 12.1 Å². The number of hydrogen-bond acceptors (Lipinski definition) is 4. The molecule has 0 fully saturated rings. The second-order valence-corrected chi connectivity index (χ2v) is 9.92. The number of carbonyl (C=O) groups is 1. The fraction of sp³-hybridized carbons (Fsp3) is 0.240. The lowest BCUT2D eigenvalue weighted by atomic mass is 9.95. The Morgan fingerprint density at radius 3 is 3.00 bits per heavy atom. The van der Waals surface area contributed by atoms with Crippen LogP contribution in [0.2, 0.25) is 0 Å². The van der Waals surface area contributed by atoms with Crippen LogP contribution in [0.3, 0.4) is 0 Å². The number of carbonyl (C=O) groups excluding carboxylic acids is 1. The van der Waals surface area contributed by atoms with Gasteiger partial charge in [-0.2, -0.15) is 9.49 Å². The van der Waals surface area contributed by atoms with Crippen LogP contribution in [0.1, 0.15) is 17.7 Å². The van der Waals surface area contributed by atoms with Crippen LogP contribution in [0.25, 0.3) is 43.5 Å². The summed E-state index contributed by atoms with van der Waals surface area (Å²) in [4.78, 5) is 22.3. The van der Waals surface area contributed by atoms with Gasteiger partial charge in [0.15, 0.2) is 5.13 Å². The molecule has 6 rings (SSSR count). The molecule has 172 valence electrons. The van der Waals surface area contributed by atoms with Crippen molar-refractivity contribution in [2.75, 3.05) is 12.4 Å². The molecule has 0 saturated carbocycles. The first-order chi connectivity index (χ1) is 16.5. The number of hydrogen-bond donors (Lipinski definition) is 1. The smallest absolute Gasteiger partial charge is 0.224 e. The van der Waals surface area contributed by atoms with Gasteiger partial charge in [-0.05, 0) is 41.6 Å². The number of aryl methyl sites for hydroxylation is 1. The van der Waals surface area contributed by atoms with Crippen LogP contribution in [-0.2, 0) is 17.9 Å². The largest absolute Gasteiger partial charge is 0.346 e. The summed E-state index contributed by atoms with van der Waals surface area (Å²) in [6.07, 6.45) is 4.06. The third kappa shape index (κ3) is 3.40. The Kier molecular flexibility index (Phi) is 5.15. The van der Waals surface area contributed by atoms with E-state index in [-0.39, 0.29) is 11.0 Å². The Balaban J connectivity index is 1.59. The van der Waals surface area contributed by atoms with Crippen LogP contribution in [0.15, 0.2) is 42.7 Å². The fourth-order valence-corrected chi connectivity index (χ4v) is 5.82. The van der Waals surface area contributed by atoms with Gasteiger partial charge in [-0.3, -0.25) is 9.48 Å². The second-order valence-electron chi connectivity index (χ2n) is 8.50. The van der Waals surface area contributed by atoms with Crippen molar-refractivity contribution in [1.82, 2.24) is 24.6 Å². The number of aromatic nitrogens is 4. The molecule has 1 amide bonds. The molecule has 0 spiro atoms. The second kappa shape index (κ2) is 8.21. The van der Waals surface area contributed by atoms with E-state index in [2.05, 4.69) is 16.9 Å². The van der Waals surface area contributed by atoms with Crippen molar-refractivity contribution in [3.63, 3.8) is 0 Å². The van der Waals surface area contributed by atoms with Gasteiger partial charge in [0.05, 0.1) is 18.8 Å². The molecule has 1 aromatic carbocycles. The number of nitrogens with zero attached hydrogens (tertiary/aromatic N) is 4. The van der Waals surface area contributed by atoms with Crippen molar-refractivity contribution < 1.29 is 9.18 Å². The molecule has 5 heterocycles. The Morgan fingerprint density at radius 2 is 2.15 bits per heavy atom. The van der Waals surface area contributed by atoms with Crippen LogP contribution in [0.4, 0.5) is 4.39 Å². The monoisotopic (exact) mass is 493 g/mol. The van der Waals surface area contributed by atoms with E-state index in [1.165, 1.54) is 0 Å². The lowest BCUT2D eigenvalue weighted by Gasteiger charge is -2.28. The molecule has 6 nitrogen and oxygen atoms in total. The third-order valence-electron chi connectivity index (χ3n) is 6.44. The average Bonchev–Trinajstić information content (AvgIpc) is 3.52. The highest BCUT2D eigenvalue weighted by molar-refractivity contribution is 7.17. The molecular formula is C25H21ClFN5OS. The van der Waals surface area contributed by atoms with Crippen LogP contribution >= 0.6 is 22.9 Å². The first kappa shape index (κ1) is 21.3. The number of thiophene rings is 1. The number of pyridine rings is 1. The molecule has 0 bridgehead atoms. The van der Waals surface area contributed by atoms with Gasteiger partial charge < -0.3 is 9.88 Å². The maximum Gasteiger partial charge on any atom is 0.224 e. The van der Waals surface area contributed by atoms with E-state index < -0.39 is 0 Å². The maximum absolute atomic E-state index is 13.9. The minimum Gasteiger partial charge on any atom is -0.346 e. The molecule has 0 unspecified atom stereocenters. The van der Waals surface area contributed by atoms with Crippen molar-refractivity contribution in [2.45, 2.75) is 26.4 Å². The summed E-state index contributed by atoms with van der Waals surface area (Å²) in [5, 5.41) is 6.71. The molecule has 4 aromatic heterocycles. The van der Waals surface area contributed by atoms with Gasteiger partial charge >= 0.3 is 0 Å². The molecule has 9 heteroatoms. The number of alkyl halides is 1. The molecule has 0 radical (unpaired) electrons. The Labute approximate surface area is 204 Å². The Bertz CT molecular complexity index is 1570. The SMILES string of the molecule is Cc1c[nH]c2nccc(-c3c(-c4ccc5cc(F)sc5c4)nn4c3CN(C(=O)CCCl)CC4)c12. The molecule has 0 atom stereocenters. The third-order valence-corrected chi connectivity index (χ3v) is 7.52. The highest BCUT2D eigenvalue weighted by atomic mass is 35.5. The normalized spacial score (nSPS) is 13.7. The summed E-state index contributed by atoms with van der Waals surface area (Å²) in [5.74, 6) is 0.348. The van der Waals surface area contributed by atoms with Gasteiger partial charge in [0, 0.05) is 52.5 Å². The standard InChI is InChI=1S/C25H21ClFN5OS/c1-14-12-29-25-22(14)17(5-7-28-25)23-18-13-31(21(33)4-6-26)8-9-32(18)30-24(23)16-3-2-15-11-20(27)34-19(15)10-16/h2-3,5,7,10-12H,4,6,8-9,13H2,1H3,(H,28,29). The number of fused-ring (bicyclic) bond motifs is 3. The zero-order chi connectivity index (χ0) is 23.4. The lowest BCUT2D eigenvalue weighted by Crippen LogP contribution is -2.38. The summed E-state index contributed by atoms with van der Waals surface area (Å²) in [7, 11) is 0. The molecule has 34 heavy (non-hydrogen) atoms. The van der Waals surface area contributed by atoms with Gasteiger partial charge in [-0.15, -0.1) is 22.9 Å². The van der Waals surface area contributed by atoms with Crippen molar-refractivity contribution in [2.24, 2.45) is 0 Å². The molecule has 5 aromatic rings. The number of halogens is 2. The summed E-state index contributed by atoms with van der Waals surface area (Å²) >= 11 is 6.98. The minimum atomic E-state index is -0.205. The molecule has 1 aliphatic rings. The van der Waals surface area contributed by atoms with E-state index in [0.717, 1.165) is 66.1 Å². The van der Waals surface area contributed by atoms with Crippen molar-refractivity contribution in [3.8, 4) is 22.4 Å². The minimum absolute atomic E-state index is 0.0446. The van der Waals surface area contributed by atoms with E-state index >= 15 is 0 Å². The Morgan fingerprint density at radius 1 is 1.26 bits per heavy atom. The average molecular weight is 494 g/mol. The summed E-state index contributed by atoms with van der Waals surface area (Å²) in [5.41, 5.74) is 6.62. The number of rotatable bonds is 4. The summed E-state index contributed by atoms with van der Waals surface area (Å²) < 4.78 is 16.8. The molecule has 0 saturated heterocycles. The van der Waals surface area contributed by atoms with Crippen LogP contribution < -0.4 is 0 Å². The maximum atomic E-state index is 13.9. The van der Waals surface area contributed by atoms with E-state index in [9.17, 15) is 9.18 Å². The van der Waals surface area contributed by atoms with Gasteiger partial charge in [0.25, 0.3) is 0 Å². The van der Waals surface area contributed by atoms with Crippen LogP contribution in [-0.4, -0.2) is 43.0 Å². The predicted octanol–water partition coefficient (Wildman–Crippen LogP) is 5.73. The number of benzene rings is 1. The number of aromatic amines is 1. The number of nitrogens with one attached hydrogen (secondary N) is 1.